The van der Waals surface area contributed by atoms with E-state index in [0.717, 1.165) is 45.5 Å². The van der Waals surface area contributed by atoms with Gasteiger partial charge in [0.05, 0.1) is 22.1 Å². The number of benzene rings is 7. The third kappa shape index (κ3) is 4.75. The van der Waals surface area contributed by atoms with Crippen molar-refractivity contribution in [2.75, 3.05) is 0 Å². The second kappa shape index (κ2) is 12.2. The van der Waals surface area contributed by atoms with Gasteiger partial charge < -0.3 is 9.13 Å². The number of hydrogen-bond acceptors (Lipinski definition) is 3. The summed E-state index contributed by atoms with van der Waals surface area (Å²) in [4.78, 5) is 15.2. The van der Waals surface area contributed by atoms with Crippen LogP contribution in [0.5, 0.6) is 0 Å². The van der Waals surface area contributed by atoms with E-state index in [1.807, 2.05) is 18.2 Å². The van der Waals surface area contributed by atoms with Crippen LogP contribution in [0.1, 0.15) is 18.2 Å². The normalized spacial score (nSPS) is 14.3. The number of hydrogen-bond donors (Lipinski definition) is 0. The summed E-state index contributed by atoms with van der Waals surface area (Å²) in [7, 11) is 0. The number of aromatic nitrogens is 5. The molecule has 11 rings (SSSR count). The molecule has 1 aliphatic carbocycles. The fourth-order valence-corrected chi connectivity index (χ4v) is 8.42. The van der Waals surface area contributed by atoms with Crippen LogP contribution in [-0.4, -0.2) is 24.1 Å². The highest BCUT2D eigenvalue weighted by Gasteiger charge is 2.22. The third-order valence-electron chi connectivity index (χ3n) is 10.8. The molecule has 1 unspecified atom stereocenters. The Balaban J connectivity index is 1.12. The lowest BCUT2D eigenvalue weighted by molar-refractivity contribution is 0.764. The molecule has 0 radical (unpaired) electrons. The van der Waals surface area contributed by atoms with E-state index in [9.17, 15) is 0 Å². The number of fused-ring (bicyclic) bond motifs is 8. The molecule has 0 saturated carbocycles. The Bertz CT molecular complexity index is 3130. The van der Waals surface area contributed by atoms with Crippen molar-refractivity contribution in [3.8, 4) is 34.2 Å². The van der Waals surface area contributed by atoms with Gasteiger partial charge in [-0.3, -0.25) is 0 Å². The second-order valence-corrected chi connectivity index (χ2v) is 14.0. The maximum atomic E-state index is 5.12. The lowest BCUT2D eigenvalue weighted by Gasteiger charge is -2.15. The zero-order valence-electron chi connectivity index (χ0n) is 29.3. The van der Waals surface area contributed by atoms with E-state index in [-0.39, 0.29) is 5.92 Å². The molecule has 5 heteroatoms. The Hall–Kier alpha value is -7.11. The van der Waals surface area contributed by atoms with Gasteiger partial charge in [0, 0.05) is 50.0 Å². The van der Waals surface area contributed by atoms with Crippen molar-refractivity contribution in [1.82, 2.24) is 24.1 Å². The molecule has 0 spiro atoms. The Morgan fingerprint density at radius 2 is 1.11 bits per heavy atom. The van der Waals surface area contributed by atoms with E-state index in [1.165, 1.54) is 43.6 Å². The van der Waals surface area contributed by atoms with Gasteiger partial charge in [0.15, 0.2) is 11.6 Å². The minimum absolute atomic E-state index is 0.101. The minimum Gasteiger partial charge on any atom is -0.309 e. The molecule has 0 amide bonds. The quantitative estimate of drug-likeness (QED) is 0.180. The molecule has 0 saturated heterocycles. The van der Waals surface area contributed by atoms with Gasteiger partial charge >= 0.3 is 0 Å². The van der Waals surface area contributed by atoms with Crippen molar-refractivity contribution >= 4 is 54.4 Å². The first-order valence-corrected chi connectivity index (χ1v) is 18.5. The van der Waals surface area contributed by atoms with Gasteiger partial charge in [-0.15, -0.1) is 0 Å². The maximum Gasteiger partial charge on any atom is 0.164 e. The standard InChI is InChI=1S/C49H33N5/c1-4-15-32(16-5-1)47-50-48(33-17-6-2-7-18-33)52-49(51-47)38-24-14-19-34-31-36(27-28-37(34)38)54-42-26-13-11-23-40(42)46-44(54)30-29-43-45(46)39-22-10-12-25-41(39)53(43)35-20-8-3-9-21-35/h1-17,19-31,33H,18H2. The predicted molar refractivity (Wildman–Crippen MR) is 223 cm³/mol. The highest BCUT2D eigenvalue weighted by molar-refractivity contribution is 6.29. The summed E-state index contributed by atoms with van der Waals surface area (Å²) in [6, 6.07) is 56.3. The van der Waals surface area contributed by atoms with E-state index < -0.39 is 0 Å². The number of allylic oxidation sites excluding steroid dienone is 4. The summed E-state index contributed by atoms with van der Waals surface area (Å²) in [6.45, 7) is 0. The lowest BCUT2D eigenvalue weighted by atomic mass is 9.99. The third-order valence-corrected chi connectivity index (χ3v) is 10.8. The van der Waals surface area contributed by atoms with Crippen LogP contribution in [0.2, 0.25) is 0 Å². The Labute approximate surface area is 311 Å². The van der Waals surface area contributed by atoms with Crippen molar-refractivity contribution in [1.29, 1.82) is 0 Å². The fourth-order valence-electron chi connectivity index (χ4n) is 8.42. The molecule has 10 aromatic rings. The lowest BCUT2D eigenvalue weighted by Crippen LogP contribution is -2.08. The molecule has 0 aliphatic heterocycles. The monoisotopic (exact) mass is 691 g/mol. The number of rotatable bonds is 5. The summed E-state index contributed by atoms with van der Waals surface area (Å²) in [5, 5.41) is 7.25. The van der Waals surface area contributed by atoms with Crippen molar-refractivity contribution < 1.29 is 0 Å². The maximum absolute atomic E-state index is 5.12. The zero-order chi connectivity index (χ0) is 35.6. The number of para-hydroxylation sites is 3. The molecule has 254 valence electrons. The fraction of sp³-hybridized carbons (Fsp3) is 0.0408. The number of nitrogens with zero attached hydrogens (tertiary/aromatic N) is 5. The van der Waals surface area contributed by atoms with Crippen LogP contribution in [0.3, 0.4) is 0 Å². The van der Waals surface area contributed by atoms with E-state index >= 15 is 0 Å². The highest BCUT2D eigenvalue weighted by Crippen LogP contribution is 2.43. The first kappa shape index (κ1) is 30.5. The van der Waals surface area contributed by atoms with Crippen LogP contribution < -0.4 is 0 Å². The van der Waals surface area contributed by atoms with Crippen LogP contribution >= 0.6 is 0 Å². The molecule has 54 heavy (non-hydrogen) atoms. The first-order chi connectivity index (χ1) is 26.8. The average molecular weight is 692 g/mol. The summed E-state index contributed by atoms with van der Waals surface area (Å²) < 4.78 is 4.81. The Morgan fingerprint density at radius 1 is 0.463 bits per heavy atom. The van der Waals surface area contributed by atoms with E-state index in [1.54, 1.807) is 0 Å². The molecule has 3 heterocycles. The van der Waals surface area contributed by atoms with E-state index in [2.05, 4.69) is 173 Å². The molecule has 1 atom stereocenters. The minimum atomic E-state index is 0.101. The smallest absolute Gasteiger partial charge is 0.164 e. The molecule has 0 fully saturated rings. The summed E-state index contributed by atoms with van der Waals surface area (Å²) >= 11 is 0. The van der Waals surface area contributed by atoms with Gasteiger partial charge in [-0.2, -0.15) is 0 Å². The first-order valence-electron chi connectivity index (χ1n) is 18.5. The zero-order valence-corrected chi connectivity index (χ0v) is 29.3. The van der Waals surface area contributed by atoms with Crippen LogP contribution in [0.15, 0.2) is 182 Å². The molecular weight excluding hydrogens is 659 g/mol. The van der Waals surface area contributed by atoms with Crippen molar-refractivity contribution in [2.45, 2.75) is 12.3 Å². The molecule has 3 aromatic heterocycles. The van der Waals surface area contributed by atoms with Crippen molar-refractivity contribution in [2.24, 2.45) is 0 Å². The summed E-state index contributed by atoms with van der Waals surface area (Å²) in [5.41, 5.74) is 9.00. The van der Waals surface area contributed by atoms with Gasteiger partial charge in [-0.1, -0.05) is 133 Å². The molecule has 5 nitrogen and oxygen atoms in total. The topological polar surface area (TPSA) is 48.5 Å². The van der Waals surface area contributed by atoms with Gasteiger partial charge in [-0.05, 0) is 65.7 Å². The van der Waals surface area contributed by atoms with Crippen LogP contribution in [0, 0.1) is 0 Å². The largest absolute Gasteiger partial charge is 0.309 e. The molecule has 0 bridgehead atoms. The molecule has 1 aliphatic rings. The second-order valence-electron chi connectivity index (χ2n) is 14.0. The Morgan fingerprint density at radius 3 is 1.81 bits per heavy atom. The highest BCUT2D eigenvalue weighted by atomic mass is 15.0. The molecular formula is C49H33N5. The van der Waals surface area contributed by atoms with Gasteiger partial charge in [0.2, 0.25) is 0 Å². The van der Waals surface area contributed by atoms with Gasteiger partial charge in [0.1, 0.15) is 5.82 Å². The van der Waals surface area contributed by atoms with Gasteiger partial charge in [-0.25, -0.2) is 15.0 Å². The molecule has 7 aromatic carbocycles. The van der Waals surface area contributed by atoms with Crippen molar-refractivity contribution in [3.63, 3.8) is 0 Å². The summed E-state index contributed by atoms with van der Waals surface area (Å²) in [6.07, 6.45) is 9.39. The SMILES string of the molecule is C1=CCC(c2nc(-c3ccccc3)nc(-c3cccc4cc(-n5c6ccccc6c6c7c8ccccc8n(-c8ccccc8)c7ccc65)ccc34)n2)C=C1. The van der Waals surface area contributed by atoms with Crippen LogP contribution in [-0.2, 0) is 0 Å². The average Bonchev–Trinajstić information content (AvgIpc) is 3.77. The Kier molecular flexibility index (Phi) is 6.92. The summed E-state index contributed by atoms with van der Waals surface area (Å²) in [5.74, 6) is 2.27. The van der Waals surface area contributed by atoms with Crippen molar-refractivity contribution in [3.05, 3.63) is 188 Å². The van der Waals surface area contributed by atoms with Crippen LogP contribution in [0.4, 0.5) is 0 Å². The van der Waals surface area contributed by atoms with E-state index in [4.69, 9.17) is 15.0 Å². The van der Waals surface area contributed by atoms with Crippen LogP contribution in [0.25, 0.3) is 88.5 Å². The van der Waals surface area contributed by atoms with Gasteiger partial charge in [0.25, 0.3) is 0 Å². The molecule has 0 N–H and O–H groups in total. The van der Waals surface area contributed by atoms with E-state index in [0.29, 0.717) is 11.6 Å². The predicted octanol–water partition coefficient (Wildman–Crippen LogP) is 12.2.